The number of carbonyl (C=O) groups excluding carboxylic acids is 2. The molecule has 0 bridgehead atoms. The molecule has 134 valence electrons. The highest BCUT2D eigenvalue weighted by molar-refractivity contribution is 6.00. The number of hydrogen-bond donors (Lipinski definition) is 0. The van der Waals surface area contributed by atoms with Crippen LogP contribution in [0.2, 0.25) is 0 Å². The zero-order valence-corrected chi connectivity index (χ0v) is 15.5. The molecule has 0 atom stereocenters. The molecular weight excluding hydrogens is 318 g/mol. The number of pyridine rings is 1. The van der Waals surface area contributed by atoms with E-state index in [1.807, 2.05) is 38.1 Å². The molecule has 0 aliphatic heterocycles. The lowest BCUT2D eigenvalue weighted by Crippen LogP contribution is -2.41. The number of fused-ring (bicyclic) bond motifs is 1. The van der Waals surface area contributed by atoms with Crippen molar-refractivity contribution in [3.05, 3.63) is 35.5 Å². The molecule has 0 N–H and O–H groups in total. The van der Waals surface area contributed by atoms with E-state index in [1.165, 1.54) is 4.90 Å². The Kier molecular flexibility index (Phi) is 5.96. The molecule has 1 aromatic heterocycles. The van der Waals surface area contributed by atoms with E-state index in [2.05, 4.69) is 4.98 Å². The summed E-state index contributed by atoms with van der Waals surface area (Å²) in [6.45, 7) is 6.97. The summed E-state index contributed by atoms with van der Waals surface area (Å²) in [5.41, 5.74) is 1.91. The first-order chi connectivity index (χ1) is 11.9. The molecular formula is C19H25N3O3. The van der Waals surface area contributed by atoms with Gasteiger partial charge in [-0.3, -0.25) is 14.6 Å². The molecule has 2 amide bonds. The van der Waals surface area contributed by atoms with Crippen LogP contribution in [0.1, 0.15) is 29.9 Å². The summed E-state index contributed by atoms with van der Waals surface area (Å²) < 4.78 is 5.21. The normalized spacial score (nSPS) is 10.6. The van der Waals surface area contributed by atoms with Crippen LogP contribution in [0.15, 0.2) is 24.3 Å². The van der Waals surface area contributed by atoms with Gasteiger partial charge in [0.15, 0.2) is 0 Å². The van der Waals surface area contributed by atoms with Gasteiger partial charge in [0, 0.05) is 31.6 Å². The lowest BCUT2D eigenvalue weighted by Gasteiger charge is -2.23. The summed E-state index contributed by atoms with van der Waals surface area (Å²) in [7, 11) is 3.25. The van der Waals surface area contributed by atoms with Gasteiger partial charge in [-0.25, -0.2) is 0 Å². The first kappa shape index (κ1) is 18.7. The van der Waals surface area contributed by atoms with E-state index in [0.29, 0.717) is 24.3 Å². The number of likely N-dealkylation sites (N-methyl/N-ethyl adjacent to an activating group) is 2. The van der Waals surface area contributed by atoms with Gasteiger partial charge >= 0.3 is 0 Å². The number of methoxy groups -OCH3 is 1. The van der Waals surface area contributed by atoms with E-state index in [1.54, 1.807) is 26.0 Å². The Balaban J connectivity index is 2.26. The number of aryl methyl sites for hydroxylation is 1. The summed E-state index contributed by atoms with van der Waals surface area (Å²) in [5, 5.41) is 0.859. The Morgan fingerprint density at radius 1 is 1.16 bits per heavy atom. The van der Waals surface area contributed by atoms with Gasteiger partial charge in [0.1, 0.15) is 5.75 Å². The van der Waals surface area contributed by atoms with Crippen LogP contribution < -0.4 is 4.74 Å². The van der Waals surface area contributed by atoms with Crippen LogP contribution in [0.5, 0.6) is 5.75 Å². The maximum absolute atomic E-state index is 12.8. The molecule has 1 aromatic carbocycles. The lowest BCUT2D eigenvalue weighted by molar-refractivity contribution is -0.131. The SMILES string of the molecule is CCN(CC)C(=O)CN(C)C(=O)c1cc2ccc(OC)cc2nc1C. The van der Waals surface area contributed by atoms with Crippen LogP contribution in [0, 0.1) is 6.92 Å². The molecule has 0 aliphatic carbocycles. The lowest BCUT2D eigenvalue weighted by atomic mass is 10.1. The molecule has 2 rings (SSSR count). The van der Waals surface area contributed by atoms with Crippen molar-refractivity contribution < 1.29 is 14.3 Å². The number of nitrogens with zero attached hydrogens (tertiary/aromatic N) is 3. The number of hydrogen-bond acceptors (Lipinski definition) is 4. The number of carbonyl (C=O) groups is 2. The van der Waals surface area contributed by atoms with E-state index in [-0.39, 0.29) is 18.4 Å². The van der Waals surface area contributed by atoms with Gasteiger partial charge < -0.3 is 14.5 Å². The standard InChI is InChI=1S/C19H25N3O3/c1-6-22(7-2)18(23)12-21(4)19(24)16-10-14-8-9-15(25-5)11-17(14)20-13(16)3/h8-11H,6-7,12H2,1-5H3. The fraction of sp³-hybridized carbons (Fsp3) is 0.421. The van der Waals surface area contributed by atoms with E-state index in [4.69, 9.17) is 4.74 Å². The fourth-order valence-electron chi connectivity index (χ4n) is 2.74. The maximum atomic E-state index is 12.8. The second kappa shape index (κ2) is 7.96. The molecule has 0 saturated carbocycles. The first-order valence-corrected chi connectivity index (χ1v) is 8.39. The fourth-order valence-corrected chi connectivity index (χ4v) is 2.74. The first-order valence-electron chi connectivity index (χ1n) is 8.39. The van der Waals surface area contributed by atoms with Crippen LogP contribution in [-0.2, 0) is 4.79 Å². The maximum Gasteiger partial charge on any atom is 0.255 e. The quantitative estimate of drug-likeness (QED) is 0.808. The van der Waals surface area contributed by atoms with Gasteiger partial charge in [0.05, 0.1) is 30.4 Å². The van der Waals surface area contributed by atoms with Crippen LogP contribution in [0.25, 0.3) is 10.9 Å². The monoisotopic (exact) mass is 343 g/mol. The summed E-state index contributed by atoms with van der Waals surface area (Å²) in [5.74, 6) is 0.459. The molecule has 0 saturated heterocycles. The highest BCUT2D eigenvalue weighted by atomic mass is 16.5. The number of aromatic nitrogens is 1. The number of benzene rings is 1. The highest BCUT2D eigenvalue weighted by Gasteiger charge is 2.20. The van der Waals surface area contributed by atoms with Crippen LogP contribution in [0.4, 0.5) is 0 Å². The van der Waals surface area contributed by atoms with Gasteiger partial charge in [-0.15, -0.1) is 0 Å². The molecule has 6 heteroatoms. The Hall–Kier alpha value is -2.63. The topological polar surface area (TPSA) is 62.7 Å². The third-order valence-corrected chi connectivity index (χ3v) is 4.28. The van der Waals surface area contributed by atoms with Crippen molar-refractivity contribution in [1.29, 1.82) is 0 Å². The minimum absolute atomic E-state index is 0.0562. The molecule has 0 unspecified atom stereocenters. The van der Waals surface area contributed by atoms with E-state index >= 15 is 0 Å². The average Bonchev–Trinajstić information content (AvgIpc) is 2.60. The average molecular weight is 343 g/mol. The second-order valence-electron chi connectivity index (χ2n) is 5.91. The Labute approximate surface area is 148 Å². The summed E-state index contributed by atoms with van der Waals surface area (Å²) in [4.78, 5) is 32.6. The van der Waals surface area contributed by atoms with Crippen LogP contribution >= 0.6 is 0 Å². The summed E-state index contributed by atoms with van der Waals surface area (Å²) in [6.07, 6.45) is 0. The predicted molar refractivity (Wildman–Crippen MR) is 97.9 cm³/mol. The zero-order chi connectivity index (χ0) is 18.6. The van der Waals surface area contributed by atoms with Gasteiger partial charge in [-0.1, -0.05) is 0 Å². The number of ether oxygens (including phenoxy) is 1. The minimum Gasteiger partial charge on any atom is -0.497 e. The summed E-state index contributed by atoms with van der Waals surface area (Å²) >= 11 is 0. The van der Waals surface area contributed by atoms with Crippen molar-refractivity contribution in [3.8, 4) is 5.75 Å². The minimum atomic E-state index is -0.205. The third-order valence-electron chi connectivity index (χ3n) is 4.28. The van der Waals surface area contributed by atoms with Gasteiger partial charge in [-0.05, 0) is 39.0 Å². The van der Waals surface area contributed by atoms with Crippen molar-refractivity contribution in [2.45, 2.75) is 20.8 Å². The predicted octanol–water partition coefficient (Wildman–Crippen LogP) is 2.49. The molecule has 6 nitrogen and oxygen atoms in total. The molecule has 0 radical (unpaired) electrons. The van der Waals surface area contributed by atoms with Crippen molar-refractivity contribution in [3.63, 3.8) is 0 Å². The molecule has 25 heavy (non-hydrogen) atoms. The van der Waals surface area contributed by atoms with E-state index < -0.39 is 0 Å². The second-order valence-corrected chi connectivity index (χ2v) is 5.91. The van der Waals surface area contributed by atoms with Crippen molar-refractivity contribution in [2.75, 3.05) is 33.8 Å². The van der Waals surface area contributed by atoms with Gasteiger partial charge in [0.25, 0.3) is 5.91 Å². The Bertz CT molecular complexity index is 785. The zero-order valence-electron chi connectivity index (χ0n) is 15.5. The molecule has 2 aromatic rings. The van der Waals surface area contributed by atoms with Crippen LogP contribution in [-0.4, -0.2) is 60.4 Å². The van der Waals surface area contributed by atoms with Crippen molar-refractivity contribution in [2.24, 2.45) is 0 Å². The number of amides is 2. The molecule has 1 heterocycles. The van der Waals surface area contributed by atoms with Gasteiger partial charge in [0.2, 0.25) is 5.91 Å². The van der Waals surface area contributed by atoms with E-state index in [0.717, 1.165) is 16.7 Å². The third kappa shape index (κ3) is 4.07. The molecule has 0 fully saturated rings. The largest absolute Gasteiger partial charge is 0.497 e. The highest BCUT2D eigenvalue weighted by Crippen LogP contribution is 2.22. The molecule has 0 aliphatic rings. The molecule has 0 spiro atoms. The van der Waals surface area contributed by atoms with Crippen LogP contribution in [0.3, 0.4) is 0 Å². The van der Waals surface area contributed by atoms with Crippen molar-refractivity contribution >= 4 is 22.7 Å². The summed E-state index contributed by atoms with van der Waals surface area (Å²) in [6, 6.07) is 7.36. The number of rotatable bonds is 6. The smallest absolute Gasteiger partial charge is 0.255 e. The Morgan fingerprint density at radius 2 is 1.84 bits per heavy atom. The van der Waals surface area contributed by atoms with Crippen molar-refractivity contribution in [1.82, 2.24) is 14.8 Å². The Morgan fingerprint density at radius 3 is 2.44 bits per heavy atom. The van der Waals surface area contributed by atoms with Gasteiger partial charge in [-0.2, -0.15) is 0 Å². The van der Waals surface area contributed by atoms with E-state index in [9.17, 15) is 9.59 Å².